The zero-order chi connectivity index (χ0) is 14.7. The SMILES string of the molecule is Cc1ccc(Sc2nnnn2-c2ccccc2)c(C#N)c1. The number of aromatic nitrogens is 4. The number of hydrogen-bond acceptors (Lipinski definition) is 5. The van der Waals surface area contributed by atoms with Gasteiger partial charge in [0.2, 0.25) is 5.16 Å². The van der Waals surface area contributed by atoms with Crippen LogP contribution in [0.15, 0.2) is 58.6 Å². The molecule has 0 N–H and O–H groups in total. The predicted molar refractivity (Wildman–Crippen MR) is 79.2 cm³/mol. The number of hydrogen-bond donors (Lipinski definition) is 0. The van der Waals surface area contributed by atoms with E-state index in [-0.39, 0.29) is 0 Å². The first-order valence-corrected chi connectivity index (χ1v) is 7.12. The molecule has 0 saturated carbocycles. The summed E-state index contributed by atoms with van der Waals surface area (Å²) in [7, 11) is 0. The Morgan fingerprint density at radius 2 is 1.95 bits per heavy atom. The molecule has 0 aliphatic rings. The second-order valence-corrected chi connectivity index (χ2v) is 5.43. The summed E-state index contributed by atoms with van der Waals surface area (Å²) in [6.45, 7) is 1.96. The van der Waals surface area contributed by atoms with Gasteiger partial charge in [0.05, 0.1) is 11.3 Å². The lowest BCUT2D eigenvalue weighted by atomic mass is 10.2. The number of rotatable bonds is 3. The first kappa shape index (κ1) is 13.3. The number of aryl methyl sites for hydroxylation is 1. The maximum Gasteiger partial charge on any atom is 0.218 e. The molecule has 0 aliphatic heterocycles. The van der Waals surface area contributed by atoms with Crippen molar-refractivity contribution in [3.8, 4) is 11.8 Å². The van der Waals surface area contributed by atoms with Gasteiger partial charge in [-0.15, -0.1) is 5.10 Å². The van der Waals surface area contributed by atoms with Gasteiger partial charge >= 0.3 is 0 Å². The van der Waals surface area contributed by atoms with Crippen molar-refractivity contribution in [2.24, 2.45) is 0 Å². The third-order valence-electron chi connectivity index (χ3n) is 2.90. The van der Waals surface area contributed by atoms with Crippen LogP contribution < -0.4 is 0 Å². The molecule has 5 nitrogen and oxygen atoms in total. The Hall–Kier alpha value is -2.65. The normalized spacial score (nSPS) is 10.3. The summed E-state index contributed by atoms with van der Waals surface area (Å²) in [5.74, 6) is 0. The molecule has 0 spiro atoms. The highest BCUT2D eigenvalue weighted by Gasteiger charge is 2.12. The van der Waals surface area contributed by atoms with Crippen molar-refractivity contribution in [1.82, 2.24) is 20.2 Å². The highest BCUT2D eigenvalue weighted by atomic mass is 32.2. The Morgan fingerprint density at radius 1 is 1.14 bits per heavy atom. The fraction of sp³-hybridized carbons (Fsp3) is 0.0667. The quantitative estimate of drug-likeness (QED) is 0.742. The van der Waals surface area contributed by atoms with E-state index in [9.17, 15) is 5.26 Å². The van der Waals surface area contributed by atoms with E-state index in [1.165, 1.54) is 11.8 Å². The molecule has 0 saturated heterocycles. The zero-order valence-corrected chi connectivity index (χ0v) is 12.1. The molecule has 0 aliphatic carbocycles. The average Bonchev–Trinajstić information content (AvgIpc) is 2.98. The van der Waals surface area contributed by atoms with E-state index in [1.54, 1.807) is 4.68 Å². The van der Waals surface area contributed by atoms with Crippen LogP contribution in [-0.4, -0.2) is 20.2 Å². The predicted octanol–water partition coefficient (Wildman–Crippen LogP) is 2.99. The molecule has 1 aromatic heterocycles. The lowest BCUT2D eigenvalue weighted by molar-refractivity contribution is 0.756. The van der Waals surface area contributed by atoms with Crippen LogP contribution in [0.5, 0.6) is 0 Å². The minimum absolute atomic E-state index is 0.626. The van der Waals surface area contributed by atoms with Crippen molar-refractivity contribution in [2.75, 3.05) is 0 Å². The van der Waals surface area contributed by atoms with Crippen LogP contribution in [0.25, 0.3) is 5.69 Å². The van der Waals surface area contributed by atoms with Gasteiger partial charge in [-0.1, -0.05) is 24.3 Å². The minimum Gasteiger partial charge on any atom is -0.192 e. The molecule has 0 atom stereocenters. The van der Waals surface area contributed by atoms with Crippen molar-refractivity contribution in [1.29, 1.82) is 5.26 Å². The fourth-order valence-electron chi connectivity index (χ4n) is 1.89. The Balaban J connectivity index is 1.98. The highest BCUT2D eigenvalue weighted by Crippen LogP contribution is 2.30. The van der Waals surface area contributed by atoms with E-state index in [4.69, 9.17) is 0 Å². The zero-order valence-electron chi connectivity index (χ0n) is 11.3. The Kier molecular flexibility index (Phi) is 3.67. The molecule has 6 heteroatoms. The molecule has 2 aromatic carbocycles. The monoisotopic (exact) mass is 293 g/mol. The second kappa shape index (κ2) is 5.77. The molecule has 0 fully saturated rings. The van der Waals surface area contributed by atoms with Gasteiger partial charge in [0.1, 0.15) is 6.07 Å². The number of nitrogens with zero attached hydrogens (tertiary/aromatic N) is 5. The van der Waals surface area contributed by atoms with Gasteiger partial charge in [0.15, 0.2) is 0 Å². The number of nitriles is 1. The summed E-state index contributed by atoms with van der Waals surface area (Å²) in [5, 5.41) is 21.6. The van der Waals surface area contributed by atoms with Gasteiger partial charge in [-0.3, -0.25) is 0 Å². The molecule has 0 amide bonds. The largest absolute Gasteiger partial charge is 0.218 e. The molecule has 0 radical (unpaired) electrons. The molecule has 0 bridgehead atoms. The molecule has 1 heterocycles. The summed E-state index contributed by atoms with van der Waals surface area (Å²) in [4.78, 5) is 0.843. The molecule has 21 heavy (non-hydrogen) atoms. The Bertz CT molecular complexity index is 804. The van der Waals surface area contributed by atoms with Crippen molar-refractivity contribution in [3.63, 3.8) is 0 Å². The molecule has 3 aromatic rings. The van der Waals surface area contributed by atoms with Crippen LogP contribution >= 0.6 is 11.8 Å². The minimum atomic E-state index is 0.626. The number of para-hydroxylation sites is 1. The third kappa shape index (κ3) is 2.78. The summed E-state index contributed by atoms with van der Waals surface area (Å²) >= 11 is 1.38. The molecule has 102 valence electrons. The first-order valence-electron chi connectivity index (χ1n) is 6.30. The van der Waals surface area contributed by atoms with Gasteiger partial charge in [0, 0.05) is 4.90 Å². The summed E-state index contributed by atoms with van der Waals surface area (Å²) in [6, 6.07) is 17.6. The van der Waals surface area contributed by atoms with Crippen molar-refractivity contribution >= 4 is 11.8 Å². The van der Waals surface area contributed by atoms with Crippen LogP contribution in [0.3, 0.4) is 0 Å². The summed E-state index contributed by atoms with van der Waals surface area (Å²) in [5.41, 5.74) is 2.57. The van der Waals surface area contributed by atoms with Crippen LogP contribution in [0, 0.1) is 18.3 Å². The average molecular weight is 293 g/mol. The van der Waals surface area contributed by atoms with Crippen molar-refractivity contribution in [2.45, 2.75) is 17.0 Å². The van der Waals surface area contributed by atoms with Crippen molar-refractivity contribution < 1.29 is 0 Å². The smallest absolute Gasteiger partial charge is 0.192 e. The van der Waals surface area contributed by atoms with Crippen LogP contribution in [0.2, 0.25) is 0 Å². The van der Waals surface area contributed by atoms with E-state index < -0.39 is 0 Å². The fourth-order valence-corrected chi connectivity index (χ4v) is 2.75. The van der Waals surface area contributed by atoms with E-state index in [0.29, 0.717) is 10.7 Å². The summed E-state index contributed by atoms with van der Waals surface area (Å²) < 4.78 is 1.66. The standard InChI is InChI=1S/C15H11N5S/c1-11-7-8-14(12(9-11)10-16)21-15-17-18-19-20(15)13-5-3-2-4-6-13/h2-9H,1H3. The topological polar surface area (TPSA) is 67.4 Å². The molecule has 3 rings (SSSR count). The van der Waals surface area contributed by atoms with Gasteiger partial charge in [-0.2, -0.15) is 9.94 Å². The molecule has 0 unspecified atom stereocenters. The van der Waals surface area contributed by atoms with Gasteiger partial charge in [0.25, 0.3) is 0 Å². The number of benzene rings is 2. The van der Waals surface area contributed by atoms with Crippen molar-refractivity contribution in [3.05, 3.63) is 59.7 Å². The van der Waals surface area contributed by atoms with E-state index >= 15 is 0 Å². The van der Waals surface area contributed by atoms with E-state index in [0.717, 1.165) is 16.1 Å². The number of tetrazole rings is 1. The van der Waals surface area contributed by atoms with Crippen LogP contribution in [-0.2, 0) is 0 Å². The van der Waals surface area contributed by atoms with Crippen LogP contribution in [0.4, 0.5) is 0 Å². The van der Waals surface area contributed by atoms with Gasteiger partial charge in [-0.05, 0) is 58.9 Å². The third-order valence-corrected chi connectivity index (χ3v) is 3.91. The lowest BCUT2D eigenvalue weighted by Crippen LogP contribution is -1.98. The maximum atomic E-state index is 9.24. The summed E-state index contributed by atoms with van der Waals surface area (Å²) in [6.07, 6.45) is 0. The second-order valence-electron chi connectivity index (χ2n) is 4.42. The maximum absolute atomic E-state index is 9.24. The van der Waals surface area contributed by atoms with Gasteiger partial charge < -0.3 is 0 Å². The Morgan fingerprint density at radius 3 is 2.71 bits per heavy atom. The Labute approximate surface area is 126 Å². The first-order chi connectivity index (χ1) is 10.3. The van der Waals surface area contributed by atoms with E-state index in [2.05, 4.69) is 21.6 Å². The van der Waals surface area contributed by atoms with Gasteiger partial charge in [-0.25, -0.2) is 0 Å². The molecular formula is C15H11N5S. The lowest BCUT2D eigenvalue weighted by Gasteiger charge is -2.05. The highest BCUT2D eigenvalue weighted by molar-refractivity contribution is 7.99. The van der Waals surface area contributed by atoms with E-state index in [1.807, 2.05) is 55.5 Å². The van der Waals surface area contributed by atoms with Crippen LogP contribution in [0.1, 0.15) is 11.1 Å². The molecular weight excluding hydrogens is 282 g/mol.